The third-order valence-electron chi connectivity index (χ3n) is 3.25. The van der Waals surface area contributed by atoms with Gasteiger partial charge in [0.1, 0.15) is 11.5 Å². The van der Waals surface area contributed by atoms with Crippen LogP contribution in [0.4, 0.5) is 0 Å². The molecule has 3 aromatic rings. The first-order chi connectivity index (χ1) is 9.42. The van der Waals surface area contributed by atoms with Crippen LogP contribution in [0.25, 0.3) is 11.5 Å². The number of hydrogen-bond donors (Lipinski definition) is 0. The third-order valence-corrected chi connectivity index (χ3v) is 3.25. The van der Waals surface area contributed by atoms with Crippen LogP contribution in [0, 0.1) is 0 Å². The molecule has 4 rings (SSSR count). The summed E-state index contributed by atoms with van der Waals surface area (Å²) < 4.78 is 10.7. The average molecular weight is 254 g/mol. The Balaban J connectivity index is 1.57. The van der Waals surface area contributed by atoms with Crippen LogP contribution < -0.4 is 0 Å². The van der Waals surface area contributed by atoms with Gasteiger partial charge in [0.15, 0.2) is 0 Å². The molecule has 0 N–H and O–H groups in total. The van der Waals surface area contributed by atoms with Crippen molar-refractivity contribution in [1.29, 1.82) is 0 Å². The number of hydrogen-bond acceptors (Lipinski definition) is 6. The van der Waals surface area contributed by atoms with Crippen LogP contribution in [-0.2, 0) is 0 Å². The Morgan fingerprint density at radius 2 is 2.21 bits per heavy atom. The number of furan rings is 1. The lowest BCUT2D eigenvalue weighted by Gasteiger charge is -1.90. The maximum Gasteiger partial charge on any atom is 0.230 e. The molecule has 2 atom stereocenters. The van der Waals surface area contributed by atoms with E-state index in [0.717, 1.165) is 12.2 Å². The van der Waals surface area contributed by atoms with E-state index >= 15 is 0 Å². The molecular formula is C13H10N4O2. The van der Waals surface area contributed by atoms with E-state index in [0.29, 0.717) is 23.3 Å². The molecule has 0 unspecified atom stereocenters. The molecule has 0 spiro atoms. The minimum atomic E-state index is 0.254. The Kier molecular flexibility index (Phi) is 2.20. The van der Waals surface area contributed by atoms with Crippen molar-refractivity contribution < 1.29 is 8.94 Å². The van der Waals surface area contributed by atoms with E-state index in [1.54, 1.807) is 24.9 Å². The van der Waals surface area contributed by atoms with Gasteiger partial charge in [-0.1, -0.05) is 5.16 Å². The highest BCUT2D eigenvalue weighted by Gasteiger charge is 2.45. The van der Waals surface area contributed by atoms with E-state index in [1.165, 1.54) is 0 Å². The molecule has 0 bridgehead atoms. The second-order valence-corrected chi connectivity index (χ2v) is 4.51. The molecule has 1 aliphatic rings. The molecule has 0 aromatic carbocycles. The lowest BCUT2D eigenvalue weighted by Crippen LogP contribution is -1.87. The van der Waals surface area contributed by atoms with Crippen molar-refractivity contribution >= 4 is 0 Å². The molecule has 0 radical (unpaired) electrons. The molecule has 1 saturated carbocycles. The molecule has 6 heteroatoms. The Labute approximate surface area is 108 Å². The fourth-order valence-corrected chi connectivity index (χ4v) is 2.19. The first-order valence-corrected chi connectivity index (χ1v) is 6.05. The summed E-state index contributed by atoms with van der Waals surface area (Å²) >= 11 is 0. The zero-order chi connectivity index (χ0) is 12.7. The van der Waals surface area contributed by atoms with Crippen LogP contribution >= 0.6 is 0 Å². The summed E-state index contributed by atoms with van der Waals surface area (Å²) in [5.41, 5.74) is 0.618. The van der Waals surface area contributed by atoms with Gasteiger partial charge in [-0.25, -0.2) is 4.98 Å². The van der Waals surface area contributed by atoms with Crippen LogP contribution in [0.5, 0.6) is 0 Å². The normalized spacial score (nSPS) is 21.5. The molecule has 0 amide bonds. The average Bonchev–Trinajstić information content (AvgIpc) is 2.93. The van der Waals surface area contributed by atoms with Gasteiger partial charge in [0.25, 0.3) is 0 Å². The van der Waals surface area contributed by atoms with Crippen molar-refractivity contribution in [2.45, 2.75) is 18.3 Å². The van der Waals surface area contributed by atoms with Gasteiger partial charge in [-0.05, 0) is 18.6 Å². The SMILES string of the molecule is c1coc([C@H]2C[C@H]2c2nc(-c3cnccn3)no2)c1. The van der Waals surface area contributed by atoms with Crippen molar-refractivity contribution in [3.8, 4) is 11.5 Å². The Hall–Kier alpha value is -2.50. The lowest BCUT2D eigenvalue weighted by atomic mass is 10.2. The van der Waals surface area contributed by atoms with Gasteiger partial charge < -0.3 is 8.94 Å². The Bertz CT molecular complexity index is 678. The Morgan fingerprint density at radius 1 is 1.21 bits per heavy atom. The van der Waals surface area contributed by atoms with Crippen molar-refractivity contribution in [3.63, 3.8) is 0 Å². The molecular weight excluding hydrogens is 244 g/mol. The molecule has 3 aromatic heterocycles. The molecule has 3 heterocycles. The first kappa shape index (κ1) is 10.4. The number of aromatic nitrogens is 4. The summed E-state index contributed by atoms with van der Waals surface area (Å²) in [4.78, 5) is 12.5. The standard InChI is InChI=1S/C13H10N4O2/c1-2-11(18-5-1)8-6-9(8)13-16-12(17-19-13)10-7-14-3-4-15-10/h1-5,7-9H,6H2/t8-,9+/m0/s1. The van der Waals surface area contributed by atoms with Crippen LogP contribution in [0.3, 0.4) is 0 Å². The molecule has 0 saturated heterocycles. The highest BCUT2D eigenvalue weighted by molar-refractivity contribution is 5.45. The lowest BCUT2D eigenvalue weighted by molar-refractivity contribution is 0.376. The van der Waals surface area contributed by atoms with E-state index in [9.17, 15) is 0 Å². The maximum absolute atomic E-state index is 5.39. The van der Waals surface area contributed by atoms with Crippen molar-refractivity contribution in [2.24, 2.45) is 0 Å². The zero-order valence-corrected chi connectivity index (χ0v) is 9.93. The minimum Gasteiger partial charge on any atom is -0.469 e. The first-order valence-electron chi connectivity index (χ1n) is 6.05. The van der Waals surface area contributed by atoms with E-state index in [1.807, 2.05) is 12.1 Å². The summed E-state index contributed by atoms with van der Waals surface area (Å²) in [6.45, 7) is 0. The predicted molar refractivity (Wildman–Crippen MR) is 64.1 cm³/mol. The van der Waals surface area contributed by atoms with Crippen molar-refractivity contribution in [1.82, 2.24) is 20.1 Å². The smallest absolute Gasteiger partial charge is 0.230 e. The maximum atomic E-state index is 5.39. The highest BCUT2D eigenvalue weighted by atomic mass is 16.5. The molecule has 19 heavy (non-hydrogen) atoms. The predicted octanol–water partition coefficient (Wildman–Crippen LogP) is 2.39. The van der Waals surface area contributed by atoms with Gasteiger partial charge in [-0.3, -0.25) is 4.98 Å². The quantitative estimate of drug-likeness (QED) is 0.714. The van der Waals surface area contributed by atoms with Crippen molar-refractivity contribution in [3.05, 3.63) is 48.6 Å². The summed E-state index contributed by atoms with van der Waals surface area (Å²) in [7, 11) is 0. The minimum absolute atomic E-state index is 0.254. The molecule has 6 nitrogen and oxygen atoms in total. The van der Waals surface area contributed by atoms with Crippen LogP contribution in [0.15, 0.2) is 45.9 Å². The summed E-state index contributed by atoms with van der Waals surface area (Å²) in [5.74, 6) is 2.70. The van der Waals surface area contributed by atoms with Crippen LogP contribution in [0.1, 0.15) is 29.9 Å². The van der Waals surface area contributed by atoms with E-state index < -0.39 is 0 Å². The van der Waals surface area contributed by atoms with E-state index in [-0.39, 0.29) is 5.92 Å². The van der Waals surface area contributed by atoms with Crippen molar-refractivity contribution in [2.75, 3.05) is 0 Å². The molecule has 1 aliphatic carbocycles. The van der Waals surface area contributed by atoms with Crippen LogP contribution in [0.2, 0.25) is 0 Å². The molecule has 94 valence electrons. The number of nitrogens with zero attached hydrogens (tertiary/aromatic N) is 4. The van der Waals surface area contributed by atoms with Gasteiger partial charge in [-0.2, -0.15) is 4.98 Å². The summed E-state index contributed by atoms with van der Waals surface area (Å²) in [6.07, 6.45) is 7.50. The molecule has 0 aliphatic heterocycles. The highest BCUT2D eigenvalue weighted by Crippen LogP contribution is 2.54. The van der Waals surface area contributed by atoms with Gasteiger partial charge in [0.05, 0.1) is 12.5 Å². The third kappa shape index (κ3) is 1.81. The van der Waals surface area contributed by atoms with E-state index in [4.69, 9.17) is 8.94 Å². The van der Waals surface area contributed by atoms with E-state index in [2.05, 4.69) is 20.1 Å². The zero-order valence-electron chi connectivity index (χ0n) is 9.93. The summed E-state index contributed by atoms with van der Waals surface area (Å²) in [5, 5.41) is 3.94. The van der Waals surface area contributed by atoms with Crippen LogP contribution in [-0.4, -0.2) is 20.1 Å². The fourth-order valence-electron chi connectivity index (χ4n) is 2.19. The fraction of sp³-hybridized carbons (Fsp3) is 0.231. The molecule has 1 fully saturated rings. The number of rotatable bonds is 3. The monoisotopic (exact) mass is 254 g/mol. The Morgan fingerprint density at radius 3 is 3.00 bits per heavy atom. The largest absolute Gasteiger partial charge is 0.469 e. The summed E-state index contributed by atoms with van der Waals surface area (Å²) in [6, 6.07) is 3.87. The van der Waals surface area contributed by atoms with Gasteiger partial charge in [-0.15, -0.1) is 0 Å². The topological polar surface area (TPSA) is 77.8 Å². The van der Waals surface area contributed by atoms with Gasteiger partial charge in [0.2, 0.25) is 11.7 Å². The van der Waals surface area contributed by atoms with Gasteiger partial charge in [0, 0.05) is 24.2 Å². The second kappa shape index (κ2) is 4.01. The second-order valence-electron chi connectivity index (χ2n) is 4.51. The van der Waals surface area contributed by atoms with Gasteiger partial charge >= 0.3 is 0 Å².